The molecular weight excluding hydrogens is 223 g/mol. The maximum atomic E-state index is 13.3. The molecule has 1 aromatic rings. The van der Waals surface area contributed by atoms with Gasteiger partial charge in [-0.3, -0.25) is 0 Å². The largest absolute Gasteiger partial charge is 0.207 e. The quantitative estimate of drug-likeness (QED) is 0.533. The number of hydrogen-bond donors (Lipinski definition) is 0. The SMILES string of the molecule is CCCCCCC(C)C(C)c1ccc(F)c(C)c1. The summed E-state index contributed by atoms with van der Waals surface area (Å²) in [6.07, 6.45) is 6.57. The van der Waals surface area contributed by atoms with Crippen LogP contribution in [0.2, 0.25) is 0 Å². The van der Waals surface area contributed by atoms with Crippen molar-refractivity contribution in [3.8, 4) is 0 Å². The second kappa shape index (κ2) is 7.56. The Balaban J connectivity index is 2.51. The standard InChI is InChI=1S/C17H27F/c1-5-6-7-8-9-13(2)15(4)16-10-11-17(18)14(3)12-16/h10-13,15H,5-9H2,1-4H3. The second-order valence-corrected chi connectivity index (χ2v) is 5.62. The van der Waals surface area contributed by atoms with E-state index in [0.29, 0.717) is 11.8 Å². The van der Waals surface area contributed by atoms with E-state index in [-0.39, 0.29) is 5.82 Å². The van der Waals surface area contributed by atoms with E-state index < -0.39 is 0 Å². The molecule has 0 aliphatic rings. The number of aryl methyl sites for hydroxylation is 1. The van der Waals surface area contributed by atoms with Crippen LogP contribution in [0.3, 0.4) is 0 Å². The van der Waals surface area contributed by atoms with Crippen molar-refractivity contribution in [1.82, 2.24) is 0 Å². The van der Waals surface area contributed by atoms with Crippen molar-refractivity contribution in [3.63, 3.8) is 0 Å². The van der Waals surface area contributed by atoms with Crippen LogP contribution in [-0.2, 0) is 0 Å². The number of benzene rings is 1. The second-order valence-electron chi connectivity index (χ2n) is 5.62. The van der Waals surface area contributed by atoms with Crippen LogP contribution in [0.25, 0.3) is 0 Å². The van der Waals surface area contributed by atoms with Crippen LogP contribution >= 0.6 is 0 Å². The van der Waals surface area contributed by atoms with Gasteiger partial charge < -0.3 is 0 Å². The predicted molar refractivity (Wildman–Crippen MR) is 77.5 cm³/mol. The maximum Gasteiger partial charge on any atom is 0.126 e. The molecule has 102 valence electrons. The van der Waals surface area contributed by atoms with Gasteiger partial charge in [0, 0.05) is 0 Å². The van der Waals surface area contributed by atoms with Gasteiger partial charge in [-0.2, -0.15) is 0 Å². The lowest BCUT2D eigenvalue weighted by Gasteiger charge is -2.21. The molecule has 0 spiro atoms. The van der Waals surface area contributed by atoms with E-state index >= 15 is 0 Å². The maximum absolute atomic E-state index is 13.3. The van der Waals surface area contributed by atoms with Crippen LogP contribution in [-0.4, -0.2) is 0 Å². The molecule has 18 heavy (non-hydrogen) atoms. The lowest BCUT2D eigenvalue weighted by Crippen LogP contribution is -2.07. The Hall–Kier alpha value is -0.850. The molecule has 0 aliphatic heterocycles. The zero-order valence-corrected chi connectivity index (χ0v) is 12.3. The first kappa shape index (κ1) is 15.2. The molecule has 1 aromatic carbocycles. The monoisotopic (exact) mass is 250 g/mol. The molecule has 0 heterocycles. The van der Waals surface area contributed by atoms with E-state index in [1.165, 1.54) is 37.7 Å². The molecule has 1 rings (SSSR count). The lowest BCUT2D eigenvalue weighted by atomic mass is 9.85. The van der Waals surface area contributed by atoms with Gasteiger partial charge in [0.1, 0.15) is 5.82 Å². The molecule has 1 heteroatoms. The van der Waals surface area contributed by atoms with Gasteiger partial charge in [0.15, 0.2) is 0 Å². The molecule has 0 bridgehead atoms. The average Bonchev–Trinajstić information content (AvgIpc) is 2.37. The normalized spacial score (nSPS) is 14.5. The molecule has 0 aliphatic carbocycles. The molecule has 0 aromatic heterocycles. The predicted octanol–water partition coefficient (Wildman–Crippen LogP) is 5.84. The van der Waals surface area contributed by atoms with Crippen molar-refractivity contribution < 1.29 is 4.39 Å². The summed E-state index contributed by atoms with van der Waals surface area (Å²) in [7, 11) is 0. The van der Waals surface area contributed by atoms with Crippen molar-refractivity contribution in [2.45, 2.75) is 65.7 Å². The highest BCUT2D eigenvalue weighted by Gasteiger charge is 2.14. The molecule has 0 amide bonds. The van der Waals surface area contributed by atoms with Gasteiger partial charge in [0.2, 0.25) is 0 Å². The molecule has 0 N–H and O–H groups in total. The fourth-order valence-electron chi connectivity index (χ4n) is 2.42. The Bertz CT molecular complexity index is 357. The van der Waals surface area contributed by atoms with E-state index in [0.717, 1.165) is 5.56 Å². The molecule has 2 unspecified atom stereocenters. The van der Waals surface area contributed by atoms with Gasteiger partial charge in [-0.05, 0) is 36.0 Å². The first-order valence-electron chi connectivity index (χ1n) is 7.32. The fraction of sp³-hybridized carbons (Fsp3) is 0.647. The Morgan fingerprint density at radius 3 is 2.44 bits per heavy atom. The van der Waals surface area contributed by atoms with Crippen molar-refractivity contribution in [3.05, 3.63) is 35.1 Å². The molecular formula is C17H27F. The third-order valence-corrected chi connectivity index (χ3v) is 4.07. The topological polar surface area (TPSA) is 0 Å². The highest BCUT2D eigenvalue weighted by molar-refractivity contribution is 5.26. The number of unbranched alkanes of at least 4 members (excludes halogenated alkanes) is 3. The molecule has 0 saturated heterocycles. The summed E-state index contributed by atoms with van der Waals surface area (Å²) in [5.74, 6) is 1.10. The van der Waals surface area contributed by atoms with Gasteiger partial charge in [0.25, 0.3) is 0 Å². The highest BCUT2D eigenvalue weighted by Crippen LogP contribution is 2.29. The van der Waals surface area contributed by atoms with E-state index in [9.17, 15) is 4.39 Å². The Kier molecular flexibility index (Phi) is 6.38. The molecule has 2 atom stereocenters. The van der Waals surface area contributed by atoms with E-state index in [2.05, 4.69) is 20.8 Å². The first-order chi connectivity index (χ1) is 8.56. The Morgan fingerprint density at radius 2 is 1.83 bits per heavy atom. The van der Waals surface area contributed by atoms with Gasteiger partial charge in [0.05, 0.1) is 0 Å². The van der Waals surface area contributed by atoms with Crippen molar-refractivity contribution in [1.29, 1.82) is 0 Å². The number of hydrogen-bond acceptors (Lipinski definition) is 0. The summed E-state index contributed by atoms with van der Waals surface area (Å²) < 4.78 is 13.3. The minimum atomic E-state index is -0.0958. The fourth-order valence-corrected chi connectivity index (χ4v) is 2.42. The van der Waals surface area contributed by atoms with E-state index in [1.807, 2.05) is 19.1 Å². The molecule has 0 fully saturated rings. The third-order valence-electron chi connectivity index (χ3n) is 4.07. The summed E-state index contributed by atoms with van der Waals surface area (Å²) in [5.41, 5.74) is 2.04. The minimum absolute atomic E-state index is 0.0958. The Labute approximate surface area is 112 Å². The minimum Gasteiger partial charge on any atom is -0.207 e. The van der Waals surface area contributed by atoms with Crippen LogP contribution in [0.4, 0.5) is 4.39 Å². The van der Waals surface area contributed by atoms with Crippen LogP contribution in [0.15, 0.2) is 18.2 Å². The third kappa shape index (κ3) is 4.44. The van der Waals surface area contributed by atoms with Gasteiger partial charge in [-0.25, -0.2) is 4.39 Å². The van der Waals surface area contributed by atoms with Crippen molar-refractivity contribution >= 4 is 0 Å². The summed E-state index contributed by atoms with van der Waals surface area (Å²) in [6.45, 7) is 8.66. The zero-order valence-electron chi connectivity index (χ0n) is 12.3. The summed E-state index contributed by atoms with van der Waals surface area (Å²) >= 11 is 0. The van der Waals surface area contributed by atoms with E-state index in [1.54, 1.807) is 6.07 Å². The zero-order chi connectivity index (χ0) is 13.5. The lowest BCUT2D eigenvalue weighted by molar-refractivity contribution is 0.427. The first-order valence-corrected chi connectivity index (χ1v) is 7.32. The summed E-state index contributed by atoms with van der Waals surface area (Å²) in [4.78, 5) is 0. The van der Waals surface area contributed by atoms with Gasteiger partial charge >= 0.3 is 0 Å². The van der Waals surface area contributed by atoms with Gasteiger partial charge in [-0.1, -0.05) is 65.0 Å². The Morgan fingerprint density at radius 1 is 1.11 bits per heavy atom. The highest BCUT2D eigenvalue weighted by atomic mass is 19.1. The molecule has 0 saturated carbocycles. The van der Waals surface area contributed by atoms with Crippen LogP contribution < -0.4 is 0 Å². The van der Waals surface area contributed by atoms with E-state index in [4.69, 9.17) is 0 Å². The van der Waals surface area contributed by atoms with Crippen molar-refractivity contribution in [2.75, 3.05) is 0 Å². The number of halogens is 1. The van der Waals surface area contributed by atoms with Crippen LogP contribution in [0.5, 0.6) is 0 Å². The van der Waals surface area contributed by atoms with Crippen molar-refractivity contribution in [2.24, 2.45) is 5.92 Å². The van der Waals surface area contributed by atoms with Gasteiger partial charge in [-0.15, -0.1) is 0 Å². The van der Waals surface area contributed by atoms with Crippen LogP contribution in [0, 0.1) is 18.7 Å². The number of rotatable bonds is 7. The molecule has 0 radical (unpaired) electrons. The van der Waals surface area contributed by atoms with Crippen LogP contribution in [0.1, 0.15) is 69.9 Å². The summed E-state index contributed by atoms with van der Waals surface area (Å²) in [5, 5.41) is 0. The summed E-state index contributed by atoms with van der Waals surface area (Å²) in [6, 6.07) is 5.54. The molecule has 0 nitrogen and oxygen atoms in total. The smallest absolute Gasteiger partial charge is 0.126 e. The average molecular weight is 250 g/mol.